The maximum absolute atomic E-state index is 11.1. The van der Waals surface area contributed by atoms with E-state index in [0.29, 0.717) is 5.92 Å². The molecule has 0 unspecified atom stereocenters. The van der Waals surface area contributed by atoms with Gasteiger partial charge in [0.1, 0.15) is 0 Å². The molecule has 1 aliphatic heterocycles. The second-order valence-electron chi connectivity index (χ2n) is 4.18. The summed E-state index contributed by atoms with van der Waals surface area (Å²) < 4.78 is 1.98. The van der Waals surface area contributed by atoms with Crippen molar-refractivity contribution in [2.75, 3.05) is 13.1 Å². The fourth-order valence-corrected chi connectivity index (χ4v) is 2.10. The molecular formula is C11H17N3O. The molecule has 1 aromatic heterocycles. The number of carbonyl (C=O) groups excluding carboxylic acids is 1. The van der Waals surface area contributed by atoms with Crippen LogP contribution >= 0.6 is 0 Å². The van der Waals surface area contributed by atoms with Gasteiger partial charge in [0.15, 0.2) is 0 Å². The number of hydrogen-bond donors (Lipinski definition) is 0. The second kappa shape index (κ2) is 4.47. The third kappa shape index (κ3) is 2.58. The Balaban J connectivity index is 1.81. The number of nitrogens with zero attached hydrogens (tertiary/aromatic N) is 3. The van der Waals surface area contributed by atoms with Gasteiger partial charge in [0.05, 0.1) is 0 Å². The molecule has 2 rings (SSSR count). The van der Waals surface area contributed by atoms with E-state index in [1.54, 1.807) is 6.92 Å². The van der Waals surface area contributed by atoms with Gasteiger partial charge in [0, 0.05) is 39.0 Å². The number of aromatic nitrogens is 2. The summed E-state index contributed by atoms with van der Waals surface area (Å²) in [6.07, 6.45) is 6.00. The van der Waals surface area contributed by atoms with Crippen LogP contribution < -0.4 is 0 Å². The summed E-state index contributed by atoms with van der Waals surface area (Å²) in [5.74, 6) is 0.869. The third-order valence-corrected chi connectivity index (χ3v) is 3.06. The maximum Gasteiger partial charge on any atom is 0.219 e. The minimum absolute atomic E-state index is 0.201. The third-order valence-electron chi connectivity index (χ3n) is 3.06. The van der Waals surface area contributed by atoms with Gasteiger partial charge < -0.3 is 4.90 Å². The average Bonchev–Trinajstić information content (AvgIpc) is 2.71. The topological polar surface area (TPSA) is 38.1 Å². The molecule has 0 N–H and O–H groups in total. The van der Waals surface area contributed by atoms with Crippen molar-refractivity contribution < 1.29 is 4.79 Å². The van der Waals surface area contributed by atoms with Crippen LogP contribution in [-0.2, 0) is 11.3 Å². The highest BCUT2D eigenvalue weighted by atomic mass is 16.2. The van der Waals surface area contributed by atoms with Crippen molar-refractivity contribution in [3.05, 3.63) is 18.5 Å². The Bertz CT molecular complexity index is 313. The van der Waals surface area contributed by atoms with Crippen LogP contribution in [0.4, 0.5) is 0 Å². The molecule has 0 aromatic carbocycles. The minimum Gasteiger partial charge on any atom is -0.343 e. The molecule has 0 spiro atoms. The van der Waals surface area contributed by atoms with Gasteiger partial charge >= 0.3 is 0 Å². The molecule has 1 aromatic rings. The summed E-state index contributed by atoms with van der Waals surface area (Å²) in [7, 11) is 0. The standard InChI is InChI=1S/C11H17N3O/c1-10(15)13-7-3-11(4-8-13)9-14-6-2-5-12-14/h2,5-6,11H,3-4,7-9H2,1H3. The first-order valence-electron chi connectivity index (χ1n) is 5.48. The van der Waals surface area contributed by atoms with Crippen molar-refractivity contribution in [2.24, 2.45) is 5.92 Å². The van der Waals surface area contributed by atoms with Crippen molar-refractivity contribution in [1.29, 1.82) is 0 Å². The molecular weight excluding hydrogens is 190 g/mol. The Morgan fingerprint density at radius 2 is 2.20 bits per heavy atom. The molecule has 4 nitrogen and oxygen atoms in total. The average molecular weight is 207 g/mol. The van der Waals surface area contributed by atoms with Crippen molar-refractivity contribution in [1.82, 2.24) is 14.7 Å². The summed E-state index contributed by atoms with van der Waals surface area (Å²) in [6.45, 7) is 4.44. The van der Waals surface area contributed by atoms with Gasteiger partial charge in [-0.25, -0.2) is 0 Å². The summed E-state index contributed by atoms with van der Waals surface area (Å²) in [5, 5.41) is 4.20. The zero-order chi connectivity index (χ0) is 10.7. The van der Waals surface area contributed by atoms with Crippen molar-refractivity contribution in [2.45, 2.75) is 26.3 Å². The predicted octanol–water partition coefficient (Wildman–Crippen LogP) is 1.14. The van der Waals surface area contributed by atoms with Crippen LogP contribution in [0.15, 0.2) is 18.5 Å². The first-order valence-corrected chi connectivity index (χ1v) is 5.48. The van der Waals surface area contributed by atoms with Crippen LogP contribution in [-0.4, -0.2) is 33.7 Å². The van der Waals surface area contributed by atoms with Crippen LogP contribution in [0.1, 0.15) is 19.8 Å². The monoisotopic (exact) mass is 207 g/mol. The molecule has 0 radical (unpaired) electrons. The molecule has 1 saturated heterocycles. The van der Waals surface area contributed by atoms with E-state index in [1.807, 2.05) is 28.0 Å². The predicted molar refractivity (Wildman–Crippen MR) is 57.2 cm³/mol. The zero-order valence-electron chi connectivity index (χ0n) is 9.09. The highest BCUT2D eigenvalue weighted by molar-refractivity contribution is 5.73. The fourth-order valence-electron chi connectivity index (χ4n) is 2.10. The van der Waals surface area contributed by atoms with E-state index in [4.69, 9.17) is 0 Å². The van der Waals surface area contributed by atoms with Gasteiger partial charge in [-0.2, -0.15) is 5.10 Å². The quantitative estimate of drug-likeness (QED) is 0.729. The first kappa shape index (κ1) is 10.2. The van der Waals surface area contributed by atoms with Crippen molar-refractivity contribution in [3.8, 4) is 0 Å². The molecule has 1 aliphatic rings. The molecule has 1 fully saturated rings. The van der Waals surface area contributed by atoms with Crippen LogP contribution in [0.3, 0.4) is 0 Å². The van der Waals surface area contributed by atoms with Crippen LogP contribution in [0.2, 0.25) is 0 Å². The highest BCUT2D eigenvalue weighted by Crippen LogP contribution is 2.18. The number of piperidine rings is 1. The van der Waals surface area contributed by atoms with Crippen LogP contribution in [0.25, 0.3) is 0 Å². The first-order chi connectivity index (χ1) is 7.25. The van der Waals surface area contributed by atoms with E-state index in [0.717, 1.165) is 32.5 Å². The van der Waals surface area contributed by atoms with E-state index in [9.17, 15) is 4.79 Å². The second-order valence-corrected chi connectivity index (χ2v) is 4.18. The maximum atomic E-state index is 11.1. The highest BCUT2D eigenvalue weighted by Gasteiger charge is 2.20. The Morgan fingerprint density at radius 3 is 2.73 bits per heavy atom. The Kier molecular flexibility index (Phi) is 3.04. The largest absolute Gasteiger partial charge is 0.343 e. The van der Waals surface area contributed by atoms with Gasteiger partial charge in [-0.15, -0.1) is 0 Å². The number of carbonyl (C=O) groups is 1. The van der Waals surface area contributed by atoms with Gasteiger partial charge in [0.25, 0.3) is 0 Å². The lowest BCUT2D eigenvalue weighted by Crippen LogP contribution is -2.38. The lowest BCUT2D eigenvalue weighted by atomic mass is 9.97. The van der Waals surface area contributed by atoms with E-state index in [2.05, 4.69) is 5.10 Å². The van der Waals surface area contributed by atoms with Gasteiger partial charge in [-0.05, 0) is 24.8 Å². The summed E-state index contributed by atoms with van der Waals surface area (Å²) in [5.41, 5.74) is 0. The van der Waals surface area contributed by atoms with E-state index < -0.39 is 0 Å². The molecule has 0 bridgehead atoms. The molecule has 2 heterocycles. The molecule has 82 valence electrons. The normalized spacial score (nSPS) is 18.1. The molecule has 15 heavy (non-hydrogen) atoms. The lowest BCUT2D eigenvalue weighted by Gasteiger charge is -2.31. The van der Waals surface area contributed by atoms with Crippen LogP contribution in [0, 0.1) is 5.92 Å². The number of hydrogen-bond acceptors (Lipinski definition) is 2. The summed E-state index contributed by atoms with van der Waals surface area (Å²) in [6, 6.07) is 1.95. The minimum atomic E-state index is 0.201. The Morgan fingerprint density at radius 1 is 1.47 bits per heavy atom. The van der Waals surface area contributed by atoms with Gasteiger partial charge in [-0.3, -0.25) is 9.48 Å². The molecule has 1 amide bonds. The summed E-state index contributed by atoms with van der Waals surface area (Å²) in [4.78, 5) is 13.1. The van der Waals surface area contributed by atoms with E-state index in [1.165, 1.54) is 0 Å². The van der Waals surface area contributed by atoms with E-state index >= 15 is 0 Å². The van der Waals surface area contributed by atoms with Crippen molar-refractivity contribution in [3.63, 3.8) is 0 Å². The number of likely N-dealkylation sites (tertiary alicyclic amines) is 1. The molecule has 4 heteroatoms. The SMILES string of the molecule is CC(=O)N1CCC(Cn2cccn2)CC1. The number of amides is 1. The van der Waals surface area contributed by atoms with Gasteiger partial charge in [-0.1, -0.05) is 0 Å². The zero-order valence-corrected chi connectivity index (χ0v) is 9.09. The molecule has 0 aliphatic carbocycles. The Hall–Kier alpha value is -1.32. The van der Waals surface area contributed by atoms with Gasteiger partial charge in [0.2, 0.25) is 5.91 Å². The van der Waals surface area contributed by atoms with Crippen molar-refractivity contribution >= 4 is 5.91 Å². The number of rotatable bonds is 2. The van der Waals surface area contributed by atoms with Crippen LogP contribution in [0.5, 0.6) is 0 Å². The lowest BCUT2D eigenvalue weighted by molar-refractivity contribution is -0.130. The Labute approximate surface area is 89.9 Å². The molecule has 0 saturated carbocycles. The van der Waals surface area contributed by atoms with E-state index in [-0.39, 0.29) is 5.91 Å². The molecule has 0 atom stereocenters. The smallest absolute Gasteiger partial charge is 0.219 e. The fraction of sp³-hybridized carbons (Fsp3) is 0.636. The summed E-state index contributed by atoms with van der Waals surface area (Å²) >= 11 is 0.